The molecule has 1 unspecified atom stereocenters. The van der Waals surface area contributed by atoms with Crippen molar-refractivity contribution in [3.05, 3.63) is 29.3 Å². The van der Waals surface area contributed by atoms with E-state index in [1.807, 2.05) is 32.0 Å². The SMILES string of the molecule is Cc1cccc(C)c1OCC(O)CNCCOC(N)=O. The van der Waals surface area contributed by atoms with Gasteiger partial charge in [-0.25, -0.2) is 4.79 Å². The highest BCUT2D eigenvalue weighted by atomic mass is 16.5. The fourth-order valence-electron chi connectivity index (χ4n) is 1.76. The summed E-state index contributed by atoms with van der Waals surface area (Å²) in [4.78, 5) is 10.3. The number of ether oxygens (including phenoxy) is 2. The van der Waals surface area contributed by atoms with Crippen LogP contribution in [0.4, 0.5) is 4.79 Å². The summed E-state index contributed by atoms with van der Waals surface area (Å²) >= 11 is 0. The number of aryl methyl sites for hydroxylation is 2. The Morgan fingerprint density at radius 2 is 2.05 bits per heavy atom. The number of hydrogen-bond donors (Lipinski definition) is 3. The van der Waals surface area contributed by atoms with Crippen molar-refractivity contribution in [1.82, 2.24) is 5.32 Å². The molecule has 112 valence electrons. The molecule has 20 heavy (non-hydrogen) atoms. The molecule has 0 spiro atoms. The minimum atomic E-state index is -0.800. The Hall–Kier alpha value is -1.79. The second-order valence-electron chi connectivity index (χ2n) is 4.56. The predicted octanol–water partition coefficient (Wildman–Crippen LogP) is 0.728. The molecule has 1 aromatic rings. The summed E-state index contributed by atoms with van der Waals surface area (Å²) in [5.41, 5.74) is 6.90. The smallest absolute Gasteiger partial charge is 0.404 e. The molecule has 0 bridgehead atoms. The topological polar surface area (TPSA) is 93.8 Å². The maximum Gasteiger partial charge on any atom is 0.404 e. The van der Waals surface area contributed by atoms with Crippen molar-refractivity contribution >= 4 is 6.09 Å². The van der Waals surface area contributed by atoms with E-state index in [4.69, 9.17) is 10.5 Å². The average molecular weight is 282 g/mol. The van der Waals surface area contributed by atoms with Crippen LogP contribution in [0.1, 0.15) is 11.1 Å². The first kappa shape index (κ1) is 16.3. The number of carbonyl (C=O) groups excluding carboxylic acids is 1. The first-order chi connectivity index (χ1) is 9.50. The van der Waals surface area contributed by atoms with Gasteiger partial charge in [0.15, 0.2) is 0 Å². The summed E-state index contributed by atoms with van der Waals surface area (Å²) in [7, 11) is 0. The van der Waals surface area contributed by atoms with Gasteiger partial charge < -0.3 is 25.6 Å². The van der Waals surface area contributed by atoms with Gasteiger partial charge in [0, 0.05) is 13.1 Å². The highest BCUT2D eigenvalue weighted by molar-refractivity contribution is 5.64. The first-order valence-corrected chi connectivity index (χ1v) is 6.50. The van der Waals surface area contributed by atoms with E-state index in [2.05, 4.69) is 10.1 Å². The summed E-state index contributed by atoms with van der Waals surface area (Å²) in [6, 6.07) is 5.90. The zero-order valence-corrected chi connectivity index (χ0v) is 11.9. The summed E-state index contributed by atoms with van der Waals surface area (Å²) in [5, 5.41) is 12.7. The van der Waals surface area contributed by atoms with Gasteiger partial charge in [0.1, 0.15) is 25.1 Å². The van der Waals surface area contributed by atoms with Crippen LogP contribution in [0.15, 0.2) is 18.2 Å². The third kappa shape index (κ3) is 5.90. The monoisotopic (exact) mass is 282 g/mol. The van der Waals surface area contributed by atoms with Crippen molar-refractivity contribution in [3.8, 4) is 5.75 Å². The molecule has 1 rings (SSSR count). The molecular formula is C14H22N2O4. The molecule has 1 amide bonds. The number of primary amides is 1. The molecule has 0 saturated carbocycles. The average Bonchev–Trinajstić information content (AvgIpc) is 2.37. The maximum absolute atomic E-state index is 10.3. The lowest BCUT2D eigenvalue weighted by molar-refractivity contribution is 0.103. The van der Waals surface area contributed by atoms with Gasteiger partial charge in [0.25, 0.3) is 0 Å². The fraction of sp³-hybridized carbons (Fsp3) is 0.500. The van der Waals surface area contributed by atoms with Crippen LogP contribution < -0.4 is 15.8 Å². The van der Waals surface area contributed by atoms with Crippen molar-refractivity contribution in [3.63, 3.8) is 0 Å². The molecule has 1 aromatic carbocycles. The highest BCUT2D eigenvalue weighted by Crippen LogP contribution is 2.22. The van der Waals surface area contributed by atoms with Crippen LogP contribution in [-0.2, 0) is 4.74 Å². The molecule has 0 saturated heterocycles. The zero-order chi connectivity index (χ0) is 15.0. The van der Waals surface area contributed by atoms with Gasteiger partial charge in [-0.1, -0.05) is 18.2 Å². The molecule has 6 nitrogen and oxygen atoms in total. The number of hydrogen-bond acceptors (Lipinski definition) is 5. The molecule has 0 aromatic heterocycles. The molecule has 0 aliphatic heterocycles. The minimum absolute atomic E-state index is 0.180. The Labute approximate surface area is 118 Å². The molecule has 0 radical (unpaired) electrons. The number of amides is 1. The molecular weight excluding hydrogens is 260 g/mol. The minimum Gasteiger partial charge on any atom is -0.490 e. The van der Waals surface area contributed by atoms with Gasteiger partial charge in [-0.2, -0.15) is 0 Å². The summed E-state index contributed by atoms with van der Waals surface area (Å²) in [6.45, 7) is 5.11. The Kier molecular flexibility index (Phi) is 6.83. The fourth-order valence-corrected chi connectivity index (χ4v) is 1.76. The number of carbonyl (C=O) groups is 1. The number of aliphatic hydroxyl groups is 1. The molecule has 0 aliphatic rings. The quantitative estimate of drug-likeness (QED) is 0.611. The predicted molar refractivity (Wildman–Crippen MR) is 75.8 cm³/mol. The lowest BCUT2D eigenvalue weighted by Gasteiger charge is -2.16. The van der Waals surface area contributed by atoms with Crippen molar-refractivity contribution in [2.45, 2.75) is 20.0 Å². The molecule has 1 atom stereocenters. The van der Waals surface area contributed by atoms with Gasteiger partial charge in [-0.15, -0.1) is 0 Å². The van der Waals surface area contributed by atoms with E-state index in [0.717, 1.165) is 16.9 Å². The van der Waals surface area contributed by atoms with Crippen LogP contribution in [0.5, 0.6) is 5.75 Å². The zero-order valence-electron chi connectivity index (χ0n) is 11.9. The molecule has 0 aliphatic carbocycles. The number of nitrogens with one attached hydrogen (secondary N) is 1. The van der Waals surface area contributed by atoms with Crippen molar-refractivity contribution in [1.29, 1.82) is 0 Å². The summed E-state index contributed by atoms with van der Waals surface area (Å²) < 4.78 is 10.2. The highest BCUT2D eigenvalue weighted by Gasteiger charge is 2.08. The van der Waals surface area contributed by atoms with E-state index >= 15 is 0 Å². The van der Waals surface area contributed by atoms with Crippen LogP contribution in [0, 0.1) is 13.8 Å². The number of benzene rings is 1. The van der Waals surface area contributed by atoms with Gasteiger partial charge in [-0.05, 0) is 25.0 Å². The second-order valence-corrected chi connectivity index (χ2v) is 4.56. The van der Waals surface area contributed by atoms with E-state index in [1.165, 1.54) is 0 Å². The van der Waals surface area contributed by atoms with Gasteiger partial charge in [0.05, 0.1) is 0 Å². The third-order valence-electron chi connectivity index (χ3n) is 2.73. The van der Waals surface area contributed by atoms with Crippen molar-refractivity contribution in [2.24, 2.45) is 5.73 Å². The summed E-state index contributed by atoms with van der Waals surface area (Å²) in [6.07, 6.45) is -1.44. The number of nitrogens with two attached hydrogens (primary N) is 1. The number of rotatable bonds is 8. The van der Waals surface area contributed by atoms with Crippen molar-refractivity contribution < 1.29 is 19.4 Å². The van der Waals surface area contributed by atoms with Crippen LogP contribution in [-0.4, -0.2) is 43.6 Å². The number of para-hydroxylation sites is 1. The Bertz CT molecular complexity index is 417. The largest absolute Gasteiger partial charge is 0.490 e. The maximum atomic E-state index is 10.3. The Morgan fingerprint density at radius 1 is 1.40 bits per heavy atom. The molecule has 4 N–H and O–H groups in total. The third-order valence-corrected chi connectivity index (χ3v) is 2.73. The standard InChI is InChI=1S/C14H22N2O4/c1-10-4-3-5-11(2)13(10)20-9-12(17)8-16-6-7-19-14(15)18/h3-5,12,16-17H,6-9H2,1-2H3,(H2,15,18). The molecule has 0 heterocycles. The van der Waals surface area contributed by atoms with Crippen molar-refractivity contribution in [2.75, 3.05) is 26.3 Å². The Morgan fingerprint density at radius 3 is 2.65 bits per heavy atom. The van der Waals surface area contributed by atoms with Crippen LogP contribution in [0.3, 0.4) is 0 Å². The van der Waals surface area contributed by atoms with E-state index in [1.54, 1.807) is 0 Å². The van der Waals surface area contributed by atoms with Crippen LogP contribution >= 0.6 is 0 Å². The normalized spacial score (nSPS) is 11.9. The van der Waals surface area contributed by atoms with E-state index in [9.17, 15) is 9.90 Å². The van der Waals surface area contributed by atoms with E-state index < -0.39 is 12.2 Å². The van der Waals surface area contributed by atoms with Crippen LogP contribution in [0.25, 0.3) is 0 Å². The second kappa shape index (κ2) is 8.39. The van der Waals surface area contributed by atoms with E-state index in [-0.39, 0.29) is 13.2 Å². The lowest BCUT2D eigenvalue weighted by Crippen LogP contribution is -2.34. The molecule has 6 heteroatoms. The molecule has 0 fully saturated rings. The summed E-state index contributed by atoms with van der Waals surface area (Å²) in [5.74, 6) is 0.809. The first-order valence-electron chi connectivity index (χ1n) is 6.50. The van der Waals surface area contributed by atoms with E-state index in [0.29, 0.717) is 13.1 Å². The van der Waals surface area contributed by atoms with Gasteiger partial charge in [0.2, 0.25) is 0 Å². The van der Waals surface area contributed by atoms with Crippen LogP contribution in [0.2, 0.25) is 0 Å². The van der Waals surface area contributed by atoms with Gasteiger partial charge in [-0.3, -0.25) is 0 Å². The Balaban J connectivity index is 2.23. The van der Waals surface area contributed by atoms with Gasteiger partial charge >= 0.3 is 6.09 Å². The lowest BCUT2D eigenvalue weighted by atomic mass is 10.1. The number of aliphatic hydroxyl groups excluding tert-OH is 1.